The molecular weight excluding hydrogens is 712 g/mol. The average molecular weight is 748 g/mol. The van der Waals surface area contributed by atoms with Crippen LogP contribution in [0.3, 0.4) is 0 Å². The molecule has 1 atom stereocenters. The lowest BCUT2D eigenvalue weighted by Crippen LogP contribution is -2.40. The van der Waals surface area contributed by atoms with Gasteiger partial charge in [-0.3, -0.25) is 9.36 Å². The molecule has 0 fully saturated rings. The maximum Gasteiger partial charge on any atom is 0.343 e. The number of thiazole rings is 1. The Kier molecular flexibility index (Phi) is 12.4. The van der Waals surface area contributed by atoms with Gasteiger partial charge in [0.05, 0.1) is 60.4 Å². The summed E-state index contributed by atoms with van der Waals surface area (Å²) in [5, 5.41) is 0. The van der Waals surface area contributed by atoms with E-state index in [0.29, 0.717) is 54.5 Å². The quantitative estimate of drug-likeness (QED) is 0.176. The summed E-state index contributed by atoms with van der Waals surface area (Å²) in [4.78, 5) is 55.9. The zero-order chi connectivity index (χ0) is 35.0. The van der Waals surface area contributed by atoms with E-state index in [1.54, 1.807) is 64.1 Å². The zero-order valence-electron chi connectivity index (χ0n) is 27.2. The molecule has 0 aliphatic carbocycles. The van der Waals surface area contributed by atoms with Crippen LogP contribution in [0.2, 0.25) is 0 Å². The molecule has 0 saturated carbocycles. The van der Waals surface area contributed by atoms with Crippen LogP contribution in [0.25, 0.3) is 6.08 Å². The predicted octanol–water partition coefficient (Wildman–Crippen LogP) is 3.46. The van der Waals surface area contributed by atoms with Gasteiger partial charge >= 0.3 is 17.9 Å². The van der Waals surface area contributed by atoms with E-state index in [9.17, 15) is 19.2 Å². The van der Waals surface area contributed by atoms with Crippen LogP contribution in [-0.2, 0) is 28.6 Å². The summed E-state index contributed by atoms with van der Waals surface area (Å²) in [5.74, 6) is -0.493. The van der Waals surface area contributed by atoms with E-state index in [1.807, 2.05) is 0 Å². The maximum absolute atomic E-state index is 14.2. The third kappa shape index (κ3) is 8.08. The molecule has 1 aliphatic heterocycles. The van der Waals surface area contributed by atoms with E-state index in [4.69, 9.17) is 23.7 Å². The first-order valence-electron chi connectivity index (χ1n) is 14.9. The average Bonchev–Trinajstić information content (AvgIpc) is 3.36. The fourth-order valence-electron chi connectivity index (χ4n) is 4.80. The standard InChI is InChI=1S/C33H35BrN2O11S/c1-7-43-23-15-20(10-11-22(23)46-16-26(37)41-5)29-28(32(40)45-9-3)18(4)35-33-36(29)31(39)25(48-33)14-19-12-21(34)30(24(13-19)44-8-2)47-17-27(38)42-6/h10-15,29H,7-9,16-17H2,1-6H3/b25-14-/t29-/m1/s1. The topological polar surface area (TPSA) is 150 Å². The Labute approximate surface area is 288 Å². The van der Waals surface area contributed by atoms with Crippen molar-refractivity contribution < 1.29 is 47.5 Å². The van der Waals surface area contributed by atoms with Crippen molar-refractivity contribution in [1.29, 1.82) is 0 Å². The Balaban J connectivity index is 1.87. The highest BCUT2D eigenvalue weighted by atomic mass is 79.9. The van der Waals surface area contributed by atoms with Gasteiger partial charge in [-0.05, 0) is 85.1 Å². The van der Waals surface area contributed by atoms with Gasteiger partial charge in [0, 0.05) is 0 Å². The van der Waals surface area contributed by atoms with Crippen molar-refractivity contribution >= 4 is 51.3 Å². The van der Waals surface area contributed by atoms with E-state index in [1.165, 1.54) is 18.8 Å². The molecule has 1 aliphatic rings. The highest BCUT2D eigenvalue weighted by Crippen LogP contribution is 2.38. The summed E-state index contributed by atoms with van der Waals surface area (Å²) in [6.45, 7) is 7.04. The van der Waals surface area contributed by atoms with Gasteiger partial charge in [0.1, 0.15) is 0 Å². The fraction of sp³-hybridized carbons (Fsp3) is 0.364. The van der Waals surface area contributed by atoms with Gasteiger partial charge in [0.25, 0.3) is 5.56 Å². The van der Waals surface area contributed by atoms with Crippen LogP contribution >= 0.6 is 27.3 Å². The molecule has 0 N–H and O–H groups in total. The summed E-state index contributed by atoms with van der Waals surface area (Å²) in [5.41, 5.74) is 1.31. The van der Waals surface area contributed by atoms with E-state index in [0.717, 1.165) is 11.3 Å². The smallest absolute Gasteiger partial charge is 0.343 e. The SMILES string of the molecule is CCOC(=O)C1=C(C)N=c2s/c(=C\c3cc(Br)c(OCC(=O)OC)c(OCC)c3)c(=O)n2[C@@H]1c1ccc(OCC(=O)OC)c(OCC)c1. The number of nitrogens with zero attached hydrogens (tertiary/aromatic N) is 2. The van der Waals surface area contributed by atoms with Crippen LogP contribution in [0.15, 0.2) is 55.9 Å². The second kappa shape index (κ2) is 16.5. The van der Waals surface area contributed by atoms with Crippen molar-refractivity contribution in [2.75, 3.05) is 47.3 Å². The molecule has 3 aromatic rings. The lowest BCUT2D eigenvalue weighted by Gasteiger charge is -2.25. The minimum Gasteiger partial charge on any atom is -0.490 e. The molecule has 0 radical (unpaired) electrons. The maximum atomic E-state index is 14.2. The fourth-order valence-corrected chi connectivity index (χ4v) is 6.42. The molecule has 13 nitrogen and oxygen atoms in total. The summed E-state index contributed by atoms with van der Waals surface area (Å²) in [6.07, 6.45) is 1.68. The van der Waals surface area contributed by atoms with Gasteiger partial charge in [-0.25, -0.2) is 19.4 Å². The van der Waals surface area contributed by atoms with Crippen molar-refractivity contribution in [3.63, 3.8) is 0 Å². The van der Waals surface area contributed by atoms with Gasteiger partial charge in [0.2, 0.25) is 0 Å². The number of ether oxygens (including phenoxy) is 7. The molecule has 0 unspecified atom stereocenters. The monoisotopic (exact) mass is 746 g/mol. The Bertz CT molecular complexity index is 1910. The molecule has 0 spiro atoms. The van der Waals surface area contributed by atoms with Crippen LogP contribution in [0.5, 0.6) is 23.0 Å². The largest absolute Gasteiger partial charge is 0.490 e. The summed E-state index contributed by atoms with van der Waals surface area (Å²) in [6, 6.07) is 7.45. The van der Waals surface area contributed by atoms with Gasteiger partial charge in [0.15, 0.2) is 41.0 Å². The van der Waals surface area contributed by atoms with Gasteiger partial charge < -0.3 is 33.2 Å². The van der Waals surface area contributed by atoms with Crippen LogP contribution in [0.1, 0.15) is 44.9 Å². The number of methoxy groups -OCH3 is 2. The Morgan fingerprint density at radius 3 is 2.21 bits per heavy atom. The highest BCUT2D eigenvalue weighted by molar-refractivity contribution is 9.10. The second-order valence-electron chi connectivity index (χ2n) is 9.93. The first-order valence-corrected chi connectivity index (χ1v) is 16.5. The van der Waals surface area contributed by atoms with Crippen molar-refractivity contribution in [1.82, 2.24) is 4.57 Å². The number of hydrogen-bond donors (Lipinski definition) is 0. The summed E-state index contributed by atoms with van der Waals surface area (Å²) >= 11 is 4.63. The minimum atomic E-state index is -0.920. The molecular formula is C33H35BrN2O11S. The van der Waals surface area contributed by atoms with E-state index >= 15 is 0 Å². The molecule has 0 saturated heterocycles. The molecule has 15 heteroatoms. The molecule has 0 amide bonds. The van der Waals surface area contributed by atoms with Crippen LogP contribution in [0.4, 0.5) is 0 Å². The Morgan fingerprint density at radius 2 is 1.56 bits per heavy atom. The molecule has 2 heterocycles. The number of allylic oxidation sites excluding steroid dienone is 1. The Morgan fingerprint density at radius 1 is 0.896 bits per heavy atom. The first kappa shape index (κ1) is 36.2. The lowest BCUT2D eigenvalue weighted by atomic mass is 9.95. The van der Waals surface area contributed by atoms with Gasteiger partial charge in [-0.2, -0.15) is 0 Å². The molecule has 256 valence electrons. The van der Waals surface area contributed by atoms with E-state index < -0.39 is 29.5 Å². The van der Waals surface area contributed by atoms with Crippen molar-refractivity contribution in [2.24, 2.45) is 4.99 Å². The van der Waals surface area contributed by atoms with Crippen molar-refractivity contribution in [3.8, 4) is 23.0 Å². The number of aromatic nitrogens is 1. The van der Waals surface area contributed by atoms with Gasteiger partial charge in [-0.1, -0.05) is 17.4 Å². The number of carbonyl (C=O) groups excluding carboxylic acids is 3. The normalized spacial score (nSPS) is 14.1. The molecule has 48 heavy (non-hydrogen) atoms. The summed E-state index contributed by atoms with van der Waals surface area (Å²) in [7, 11) is 2.52. The number of rotatable bonds is 14. The number of fused-ring (bicyclic) bond motifs is 1. The Hall–Kier alpha value is -4.63. The lowest BCUT2D eigenvalue weighted by molar-refractivity contribution is -0.143. The molecule has 2 aromatic carbocycles. The number of esters is 3. The van der Waals surface area contributed by atoms with E-state index in [-0.39, 0.29) is 37.8 Å². The van der Waals surface area contributed by atoms with Crippen LogP contribution in [-0.4, -0.2) is 69.7 Å². The van der Waals surface area contributed by atoms with Crippen LogP contribution in [0, 0.1) is 0 Å². The molecule has 0 bridgehead atoms. The highest BCUT2D eigenvalue weighted by Gasteiger charge is 2.34. The third-order valence-electron chi connectivity index (χ3n) is 6.87. The van der Waals surface area contributed by atoms with Crippen LogP contribution < -0.4 is 33.8 Å². The number of hydrogen-bond acceptors (Lipinski definition) is 13. The number of carbonyl (C=O) groups is 3. The zero-order valence-corrected chi connectivity index (χ0v) is 29.7. The van der Waals surface area contributed by atoms with Gasteiger partial charge in [-0.15, -0.1) is 0 Å². The number of halogens is 1. The third-order valence-corrected chi connectivity index (χ3v) is 8.44. The minimum absolute atomic E-state index is 0.119. The van der Waals surface area contributed by atoms with E-state index in [2.05, 4.69) is 30.4 Å². The molecule has 1 aromatic heterocycles. The van der Waals surface area contributed by atoms with Crippen molar-refractivity contribution in [2.45, 2.75) is 33.7 Å². The number of benzene rings is 2. The summed E-state index contributed by atoms with van der Waals surface area (Å²) < 4.78 is 39.9. The van der Waals surface area contributed by atoms with Crippen molar-refractivity contribution in [3.05, 3.63) is 76.9 Å². The second-order valence-corrected chi connectivity index (χ2v) is 11.8. The first-order chi connectivity index (χ1) is 23.1. The predicted molar refractivity (Wildman–Crippen MR) is 178 cm³/mol. The molecule has 4 rings (SSSR count).